The number of amides is 3. The van der Waals surface area contributed by atoms with Crippen molar-refractivity contribution < 1.29 is 19.1 Å². The van der Waals surface area contributed by atoms with Crippen LogP contribution < -0.4 is 10.6 Å². The number of aromatic nitrogens is 1. The number of carbonyl (C=O) groups is 3. The topological polar surface area (TPSA) is 92.7 Å². The Hall–Kier alpha value is -2.94. The van der Waals surface area contributed by atoms with E-state index in [1.807, 2.05) is 36.1 Å². The first-order valence-electron chi connectivity index (χ1n) is 10.5. The van der Waals surface area contributed by atoms with Crippen LogP contribution >= 0.6 is 11.9 Å². The molecule has 0 aliphatic carbocycles. The quantitative estimate of drug-likeness (QED) is 0.755. The standard InChI is InChI=1S/C22H26N4O4S/c1-14(2)30-22(29)25-10-7-15(8-11-25)13-23-20(27)16-5-6-19-17(12-16)24-21(28)18-4-3-9-26(18)31-19/h3-6,9,12,14-15H,7-8,10-11,13H2,1-2H3,(H,23,27)(H,24,28). The van der Waals surface area contributed by atoms with Gasteiger partial charge in [0.1, 0.15) is 5.69 Å². The molecule has 2 aliphatic rings. The van der Waals surface area contributed by atoms with Gasteiger partial charge in [0.15, 0.2) is 0 Å². The Kier molecular flexibility index (Phi) is 6.22. The van der Waals surface area contributed by atoms with Crippen LogP contribution in [0.15, 0.2) is 41.4 Å². The molecule has 3 amide bonds. The summed E-state index contributed by atoms with van der Waals surface area (Å²) in [5.74, 6) is -0.0573. The van der Waals surface area contributed by atoms with Gasteiger partial charge in [-0.05, 0) is 74.9 Å². The molecule has 0 atom stereocenters. The summed E-state index contributed by atoms with van der Waals surface area (Å²) >= 11 is 1.44. The second-order valence-electron chi connectivity index (χ2n) is 8.05. The highest BCUT2D eigenvalue weighted by atomic mass is 32.2. The van der Waals surface area contributed by atoms with E-state index in [9.17, 15) is 14.4 Å². The van der Waals surface area contributed by atoms with Crippen LogP contribution in [0.25, 0.3) is 0 Å². The number of rotatable bonds is 4. The molecule has 4 rings (SSSR count). The molecule has 0 bridgehead atoms. The lowest BCUT2D eigenvalue weighted by molar-refractivity contribution is 0.0646. The van der Waals surface area contributed by atoms with Crippen LogP contribution in [0, 0.1) is 5.92 Å². The maximum Gasteiger partial charge on any atom is 0.410 e. The molecular weight excluding hydrogens is 416 g/mol. The number of nitrogens with zero attached hydrogens (tertiary/aromatic N) is 2. The minimum atomic E-state index is -0.269. The van der Waals surface area contributed by atoms with E-state index >= 15 is 0 Å². The normalized spacial score (nSPS) is 16.2. The monoisotopic (exact) mass is 442 g/mol. The van der Waals surface area contributed by atoms with Crippen molar-refractivity contribution in [3.63, 3.8) is 0 Å². The highest BCUT2D eigenvalue weighted by Gasteiger charge is 2.25. The highest BCUT2D eigenvalue weighted by molar-refractivity contribution is 7.98. The first-order valence-corrected chi connectivity index (χ1v) is 11.2. The number of fused-ring (bicyclic) bond motifs is 2. The van der Waals surface area contributed by atoms with Gasteiger partial charge in [-0.25, -0.2) is 4.79 Å². The summed E-state index contributed by atoms with van der Waals surface area (Å²) in [6.45, 7) is 5.49. The Morgan fingerprint density at radius 2 is 2.03 bits per heavy atom. The van der Waals surface area contributed by atoms with Gasteiger partial charge in [0, 0.05) is 31.4 Å². The Morgan fingerprint density at radius 3 is 2.77 bits per heavy atom. The van der Waals surface area contributed by atoms with E-state index in [2.05, 4.69) is 10.6 Å². The first-order chi connectivity index (χ1) is 14.9. The van der Waals surface area contributed by atoms with Gasteiger partial charge in [-0.15, -0.1) is 0 Å². The number of anilines is 1. The van der Waals surface area contributed by atoms with Crippen molar-refractivity contribution in [2.75, 3.05) is 25.0 Å². The third-order valence-electron chi connectivity index (χ3n) is 5.39. The molecule has 9 heteroatoms. The van der Waals surface area contributed by atoms with Crippen LogP contribution in [0.4, 0.5) is 10.5 Å². The van der Waals surface area contributed by atoms with E-state index in [1.54, 1.807) is 23.1 Å². The third-order valence-corrected chi connectivity index (χ3v) is 6.46. The Balaban J connectivity index is 1.31. The second kappa shape index (κ2) is 9.05. The van der Waals surface area contributed by atoms with Gasteiger partial charge in [-0.1, -0.05) is 0 Å². The molecule has 8 nitrogen and oxygen atoms in total. The summed E-state index contributed by atoms with van der Waals surface area (Å²) in [5, 5.41) is 5.88. The fourth-order valence-corrected chi connectivity index (χ4v) is 4.62. The van der Waals surface area contributed by atoms with Crippen molar-refractivity contribution in [2.24, 2.45) is 5.92 Å². The van der Waals surface area contributed by atoms with E-state index in [4.69, 9.17) is 4.74 Å². The zero-order chi connectivity index (χ0) is 22.0. The highest BCUT2D eigenvalue weighted by Crippen LogP contribution is 2.34. The minimum absolute atomic E-state index is 0.126. The summed E-state index contributed by atoms with van der Waals surface area (Å²) in [6, 6.07) is 8.92. The molecule has 1 saturated heterocycles. The lowest BCUT2D eigenvalue weighted by Gasteiger charge is -2.31. The number of hydrogen-bond acceptors (Lipinski definition) is 5. The molecule has 0 radical (unpaired) electrons. The number of piperidine rings is 1. The number of hydrogen-bond donors (Lipinski definition) is 2. The minimum Gasteiger partial charge on any atom is -0.447 e. The fraction of sp³-hybridized carbons (Fsp3) is 0.409. The van der Waals surface area contributed by atoms with Gasteiger partial charge in [0.05, 0.1) is 16.7 Å². The molecule has 2 aromatic rings. The van der Waals surface area contributed by atoms with Crippen LogP contribution in [-0.4, -0.2) is 52.5 Å². The van der Waals surface area contributed by atoms with E-state index in [1.165, 1.54) is 11.9 Å². The average Bonchev–Trinajstić information content (AvgIpc) is 3.16. The van der Waals surface area contributed by atoms with Crippen molar-refractivity contribution in [3.8, 4) is 0 Å². The molecule has 0 unspecified atom stereocenters. The summed E-state index contributed by atoms with van der Waals surface area (Å²) in [7, 11) is 0. The first kappa shape index (κ1) is 21.3. The Labute approximate surface area is 185 Å². The molecule has 0 spiro atoms. The summed E-state index contributed by atoms with van der Waals surface area (Å²) in [6.07, 6.45) is 3.09. The lowest BCUT2D eigenvalue weighted by atomic mass is 9.97. The third kappa shape index (κ3) is 4.87. The summed E-state index contributed by atoms with van der Waals surface area (Å²) < 4.78 is 7.05. The van der Waals surface area contributed by atoms with Crippen molar-refractivity contribution in [3.05, 3.63) is 47.8 Å². The lowest BCUT2D eigenvalue weighted by Crippen LogP contribution is -2.42. The smallest absolute Gasteiger partial charge is 0.410 e. The molecule has 31 heavy (non-hydrogen) atoms. The van der Waals surface area contributed by atoms with Gasteiger partial charge in [-0.2, -0.15) is 0 Å². The van der Waals surface area contributed by atoms with Gasteiger partial charge in [0.25, 0.3) is 11.8 Å². The molecule has 1 aromatic heterocycles. The van der Waals surface area contributed by atoms with Crippen LogP contribution in [0.2, 0.25) is 0 Å². The van der Waals surface area contributed by atoms with E-state index < -0.39 is 0 Å². The molecule has 164 valence electrons. The van der Waals surface area contributed by atoms with Crippen molar-refractivity contribution in [1.82, 2.24) is 14.2 Å². The molecule has 1 aromatic carbocycles. The largest absolute Gasteiger partial charge is 0.447 e. The number of likely N-dealkylation sites (tertiary alicyclic amines) is 1. The number of ether oxygens (including phenoxy) is 1. The zero-order valence-electron chi connectivity index (χ0n) is 17.6. The molecule has 0 saturated carbocycles. The zero-order valence-corrected chi connectivity index (χ0v) is 18.4. The van der Waals surface area contributed by atoms with E-state index in [0.717, 1.165) is 17.7 Å². The molecule has 2 aliphatic heterocycles. The van der Waals surface area contributed by atoms with Gasteiger partial charge in [0.2, 0.25) is 0 Å². The van der Waals surface area contributed by atoms with Crippen molar-refractivity contribution in [2.45, 2.75) is 37.7 Å². The van der Waals surface area contributed by atoms with Gasteiger partial charge >= 0.3 is 6.09 Å². The van der Waals surface area contributed by atoms with Crippen molar-refractivity contribution in [1.29, 1.82) is 0 Å². The molecular formula is C22H26N4O4S. The second-order valence-corrected chi connectivity index (χ2v) is 9.06. The van der Waals surface area contributed by atoms with Crippen LogP contribution in [0.1, 0.15) is 47.5 Å². The number of nitrogens with one attached hydrogen (secondary N) is 2. The van der Waals surface area contributed by atoms with Gasteiger partial charge < -0.3 is 20.3 Å². The SMILES string of the molecule is CC(C)OC(=O)N1CCC(CNC(=O)c2ccc3c(c2)NC(=O)c2cccn2S3)CC1. The summed E-state index contributed by atoms with van der Waals surface area (Å²) in [5.41, 5.74) is 1.70. The Bertz CT molecular complexity index is 995. The maximum atomic E-state index is 12.7. The fourth-order valence-electron chi connectivity index (χ4n) is 3.70. The van der Waals surface area contributed by atoms with Crippen LogP contribution in [0.3, 0.4) is 0 Å². The average molecular weight is 443 g/mol. The predicted octanol–water partition coefficient (Wildman–Crippen LogP) is 3.60. The van der Waals surface area contributed by atoms with Crippen LogP contribution in [0.5, 0.6) is 0 Å². The van der Waals surface area contributed by atoms with E-state index in [-0.39, 0.29) is 24.0 Å². The van der Waals surface area contributed by atoms with Gasteiger partial charge in [-0.3, -0.25) is 13.6 Å². The number of carbonyl (C=O) groups excluding carboxylic acids is 3. The maximum absolute atomic E-state index is 12.7. The molecule has 3 heterocycles. The van der Waals surface area contributed by atoms with Crippen molar-refractivity contribution >= 4 is 35.5 Å². The molecule has 2 N–H and O–H groups in total. The summed E-state index contributed by atoms with van der Waals surface area (Å²) in [4.78, 5) is 39.7. The van der Waals surface area contributed by atoms with Crippen LogP contribution in [-0.2, 0) is 4.74 Å². The van der Waals surface area contributed by atoms with E-state index in [0.29, 0.717) is 42.5 Å². The molecule has 1 fully saturated rings. The predicted molar refractivity (Wildman–Crippen MR) is 118 cm³/mol. The Morgan fingerprint density at radius 1 is 1.26 bits per heavy atom. The number of benzene rings is 1.